The molecule has 0 fully saturated rings. The molecular formula is C14H19N3O2S. The van der Waals surface area contributed by atoms with Crippen molar-refractivity contribution in [2.45, 2.75) is 30.8 Å². The highest BCUT2D eigenvalue weighted by molar-refractivity contribution is 7.90. The van der Waals surface area contributed by atoms with Gasteiger partial charge in [0.15, 0.2) is 9.84 Å². The first kappa shape index (κ1) is 14.7. The van der Waals surface area contributed by atoms with Gasteiger partial charge in [-0.15, -0.1) is 0 Å². The van der Waals surface area contributed by atoms with E-state index in [9.17, 15) is 8.42 Å². The number of hydrogen-bond acceptors (Lipinski definition) is 4. The lowest BCUT2D eigenvalue weighted by Gasteiger charge is -2.14. The van der Waals surface area contributed by atoms with E-state index in [1.165, 1.54) is 6.26 Å². The van der Waals surface area contributed by atoms with Crippen molar-refractivity contribution in [2.24, 2.45) is 5.73 Å². The Kier molecular flexibility index (Phi) is 4.25. The summed E-state index contributed by atoms with van der Waals surface area (Å²) >= 11 is 0. The Labute approximate surface area is 119 Å². The Morgan fingerprint density at radius 1 is 1.40 bits per heavy atom. The zero-order chi connectivity index (χ0) is 14.8. The molecule has 0 radical (unpaired) electrons. The standard InChI is InChI=1S/C14H19N3O2S/c1-3-8-17-9-7-16-14(17)13(15)11-5-4-6-12(10-11)20(2,18)19/h4-7,9-10,13H,3,8,15H2,1-2H3. The Hall–Kier alpha value is -1.66. The SMILES string of the molecule is CCCn1ccnc1C(N)c1cccc(S(C)(=O)=O)c1. The summed E-state index contributed by atoms with van der Waals surface area (Å²) in [6.07, 6.45) is 5.78. The first-order chi connectivity index (χ1) is 9.43. The second kappa shape index (κ2) is 5.76. The minimum atomic E-state index is -3.23. The first-order valence-corrected chi connectivity index (χ1v) is 8.39. The van der Waals surface area contributed by atoms with Crippen LogP contribution < -0.4 is 5.73 Å². The lowest BCUT2D eigenvalue weighted by molar-refractivity contribution is 0.600. The van der Waals surface area contributed by atoms with E-state index in [4.69, 9.17) is 5.73 Å². The molecule has 1 unspecified atom stereocenters. The fraction of sp³-hybridized carbons (Fsp3) is 0.357. The van der Waals surface area contributed by atoms with Crippen molar-refractivity contribution in [3.05, 3.63) is 48.0 Å². The van der Waals surface area contributed by atoms with Gasteiger partial charge in [-0.05, 0) is 24.1 Å². The second-order valence-corrected chi connectivity index (χ2v) is 6.82. The molecule has 0 aliphatic rings. The highest BCUT2D eigenvalue weighted by Gasteiger charge is 2.16. The van der Waals surface area contributed by atoms with Crippen LogP contribution in [-0.4, -0.2) is 24.2 Å². The van der Waals surface area contributed by atoms with Gasteiger partial charge in [-0.3, -0.25) is 0 Å². The molecule has 1 atom stereocenters. The molecular weight excluding hydrogens is 274 g/mol. The van der Waals surface area contributed by atoms with Crippen LogP contribution in [0.5, 0.6) is 0 Å². The molecule has 1 heterocycles. The number of nitrogens with two attached hydrogens (primary N) is 1. The highest BCUT2D eigenvalue weighted by atomic mass is 32.2. The maximum atomic E-state index is 11.6. The smallest absolute Gasteiger partial charge is 0.175 e. The molecule has 6 heteroatoms. The Morgan fingerprint density at radius 3 is 2.80 bits per heavy atom. The van der Waals surface area contributed by atoms with Crippen LogP contribution in [0, 0.1) is 0 Å². The van der Waals surface area contributed by atoms with Crippen molar-refractivity contribution in [3.63, 3.8) is 0 Å². The summed E-state index contributed by atoms with van der Waals surface area (Å²) in [7, 11) is -3.23. The van der Waals surface area contributed by atoms with Crippen LogP contribution in [0.1, 0.15) is 30.8 Å². The van der Waals surface area contributed by atoms with E-state index >= 15 is 0 Å². The quantitative estimate of drug-likeness (QED) is 0.911. The van der Waals surface area contributed by atoms with Crippen LogP contribution in [0.25, 0.3) is 0 Å². The molecule has 20 heavy (non-hydrogen) atoms. The van der Waals surface area contributed by atoms with E-state index in [-0.39, 0.29) is 4.90 Å². The van der Waals surface area contributed by atoms with Crippen molar-refractivity contribution in [1.29, 1.82) is 0 Å². The summed E-state index contributed by atoms with van der Waals surface area (Å²) in [6.45, 7) is 2.92. The molecule has 2 N–H and O–H groups in total. The molecule has 1 aromatic heterocycles. The lowest BCUT2D eigenvalue weighted by atomic mass is 10.1. The molecule has 0 bridgehead atoms. The van der Waals surface area contributed by atoms with Crippen molar-refractivity contribution in [3.8, 4) is 0 Å². The van der Waals surface area contributed by atoms with Crippen LogP contribution in [0.3, 0.4) is 0 Å². The fourth-order valence-corrected chi connectivity index (χ4v) is 2.79. The van der Waals surface area contributed by atoms with Gasteiger partial charge in [0.2, 0.25) is 0 Å². The van der Waals surface area contributed by atoms with Crippen LogP contribution in [-0.2, 0) is 16.4 Å². The molecule has 108 valence electrons. The highest BCUT2D eigenvalue weighted by Crippen LogP contribution is 2.21. The fourth-order valence-electron chi connectivity index (χ4n) is 2.12. The first-order valence-electron chi connectivity index (χ1n) is 6.50. The molecule has 1 aromatic carbocycles. The van der Waals surface area contributed by atoms with Gasteiger partial charge in [-0.25, -0.2) is 13.4 Å². The monoisotopic (exact) mass is 293 g/mol. The summed E-state index contributed by atoms with van der Waals surface area (Å²) in [5, 5.41) is 0. The van der Waals surface area contributed by atoms with Crippen LogP contribution >= 0.6 is 0 Å². The summed E-state index contributed by atoms with van der Waals surface area (Å²) < 4.78 is 25.2. The third-order valence-electron chi connectivity index (χ3n) is 3.14. The van der Waals surface area contributed by atoms with E-state index in [2.05, 4.69) is 11.9 Å². The third-order valence-corrected chi connectivity index (χ3v) is 4.25. The summed E-state index contributed by atoms with van der Waals surface area (Å²) in [5.74, 6) is 0.748. The number of benzene rings is 1. The average Bonchev–Trinajstić information content (AvgIpc) is 2.86. The van der Waals surface area contributed by atoms with Gasteiger partial charge in [0.05, 0.1) is 10.9 Å². The van der Waals surface area contributed by atoms with Crippen molar-refractivity contribution < 1.29 is 8.42 Å². The van der Waals surface area contributed by atoms with Crippen LogP contribution in [0.4, 0.5) is 0 Å². The van der Waals surface area contributed by atoms with Crippen molar-refractivity contribution in [2.75, 3.05) is 6.26 Å². The van der Waals surface area contributed by atoms with Gasteiger partial charge in [-0.1, -0.05) is 19.1 Å². The normalized spacial score (nSPS) is 13.3. The Bertz CT molecular complexity index is 692. The molecule has 0 saturated carbocycles. The van der Waals surface area contributed by atoms with Gasteiger partial charge >= 0.3 is 0 Å². The van der Waals surface area contributed by atoms with E-state index < -0.39 is 15.9 Å². The molecule has 2 rings (SSSR count). The number of aromatic nitrogens is 2. The van der Waals surface area contributed by atoms with E-state index in [0.29, 0.717) is 0 Å². The average molecular weight is 293 g/mol. The van der Waals surface area contributed by atoms with Gasteiger partial charge in [-0.2, -0.15) is 0 Å². The van der Waals surface area contributed by atoms with E-state index in [1.807, 2.05) is 16.8 Å². The second-order valence-electron chi connectivity index (χ2n) is 4.80. The maximum absolute atomic E-state index is 11.6. The number of sulfone groups is 1. The number of nitrogens with zero attached hydrogens (tertiary/aromatic N) is 2. The predicted octanol–water partition coefficient (Wildman–Crippen LogP) is 1.74. The lowest BCUT2D eigenvalue weighted by Crippen LogP contribution is -2.18. The van der Waals surface area contributed by atoms with Gasteiger partial charge in [0.1, 0.15) is 5.82 Å². The summed E-state index contributed by atoms with van der Waals surface area (Å²) in [4.78, 5) is 4.57. The number of hydrogen-bond donors (Lipinski definition) is 1. The summed E-state index contributed by atoms with van der Waals surface area (Å²) in [6, 6.07) is 6.29. The van der Waals surface area contributed by atoms with E-state index in [1.54, 1.807) is 24.4 Å². The van der Waals surface area contributed by atoms with Crippen LogP contribution in [0.15, 0.2) is 41.6 Å². The molecule has 5 nitrogen and oxygen atoms in total. The Balaban J connectivity index is 2.38. The Morgan fingerprint density at radius 2 is 2.15 bits per heavy atom. The zero-order valence-corrected chi connectivity index (χ0v) is 12.5. The molecule has 0 spiro atoms. The third kappa shape index (κ3) is 3.08. The zero-order valence-electron chi connectivity index (χ0n) is 11.7. The molecule has 0 aliphatic carbocycles. The maximum Gasteiger partial charge on any atom is 0.175 e. The number of imidazole rings is 1. The molecule has 0 saturated heterocycles. The largest absolute Gasteiger partial charge is 0.333 e. The van der Waals surface area contributed by atoms with Gasteiger partial charge in [0, 0.05) is 25.2 Å². The predicted molar refractivity (Wildman–Crippen MR) is 78.1 cm³/mol. The van der Waals surface area contributed by atoms with Gasteiger partial charge < -0.3 is 10.3 Å². The van der Waals surface area contributed by atoms with E-state index in [0.717, 1.165) is 24.4 Å². The van der Waals surface area contributed by atoms with Crippen LogP contribution in [0.2, 0.25) is 0 Å². The van der Waals surface area contributed by atoms with Crippen molar-refractivity contribution >= 4 is 9.84 Å². The molecule has 0 amide bonds. The molecule has 2 aromatic rings. The van der Waals surface area contributed by atoms with Gasteiger partial charge in [0.25, 0.3) is 0 Å². The minimum absolute atomic E-state index is 0.277. The molecule has 0 aliphatic heterocycles. The topological polar surface area (TPSA) is 78.0 Å². The minimum Gasteiger partial charge on any atom is -0.333 e. The van der Waals surface area contributed by atoms with Crippen molar-refractivity contribution in [1.82, 2.24) is 9.55 Å². The number of aryl methyl sites for hydroxylation is 1. The number of rotatable bonds is 5. The summed E-state index contributed by atoms with van der Waals surface area (Å²) in [5.41, 5.74) is 6.97.